The highest BCUT2D eigenvalue weighted by molar-refractivity contribution is 5.85. The summed E-state index contributed by atoms with van der Waals surface area (Å²) in [5.41, 5.74) is 3.92. The quantitative estimate of drug-likeness (QED) is 0.338. The first-order valence-electron chi connectivity index (χ1n) is 11.8. The highest BCUT2D eigenvalue weighted by Gasteiger charge is 2.21. The Morgan fingerprint density at radius 2 is 1.89 bits per heavy atom. The molecule has 0 spiro atoms. The van der Waals surface area contributed by atoms with Crippen molar-refractivity contribution in [1.29, 1.82) is 0 Å². The van der Waals surface area contributed by atoms with Crippen LogP contribution >= 0.6 is 0 Å². The van der Waals surface area contributed by atoms with E-state index in [1.54, 1.807) is 13.1 Å². The smallest absolute Gasteiger partial charge is 0.175 e. The van der Waals surface area contributed by atoms with Crippen molar-refractivity contribution in [2.24, 2.45) is 7.05 Å². The zero-order chi connectivity index (χ0) is 25.8. The molecule has 0 bridgehead atoms. The van der Waals surface area contributed by atoms with E-state index in [4.69, 9.17) is 4.74 Å². The summed E-state index contributed by atoms with van der Waals surface area (Å²) >= 11 is 0. The maximum Gasteiger partial charge on any atom is 0.175 e. The Kier molecular flexibility index (Phi) is 7.54. The normalized spacial score (nSPS) is 11.2. The first-order chi connectivity index (χ1) is 17.4. The highest BCUT2D eigenvalue weighted by Crippen LogP contribution is 2.41. The number of likely N-dealkylation sites (N-methyl/N-ethyl adjacent to an activating group) is 2. The maximum absolute atomic E-state index is 15.8. The highest BCUT2D eigenvalue weighted by atomic mass is 19.1. The molecule has 2 aromatic carbocycles. The predicted octanol–water partition coefficient (Wildman–Crippen LogP) is 4.35. The minimum absolute atomic E-state index is 0.205. The molecule has 0 fully saturated rings. The molecule has 10 heteroatoms. The molecule has 2 N–H and O–H groups in total. The topological polar surface area (TPSA) is 83.4 Å². The molecule has 0 atom stereocenters. The average molecular weight is 493 g/mol. The number of aryl methyl sites for hydroxylation is 1. The molecule has 0 aliphatic heterocycles. The number of halogens is 1. The maximum atomic E-state index is 15.8. The van der Waals surface area contributed by atoms with Crippen LogP contribution in [-0.4, -0.2) is 72.5 Å². The Labute approximate surface area is 210 Å². The lowest BCUT2D eigenvalue weighted by atomic mass is 10.1. The van der Waals surface area contributed by atoms with E-state index in [9.17, 15) is 0 Å². The predicted molar refractivity (Wildman–Crippen MR) is 144 cm³/mol. The SMILES string of the molecule is CCN(C)CCN(C)c1cc(OC)c(Nc2cc(-c3ccc4cnn(C)c4c3)ncn2)c(F)c1NC. The standard InChI is InChI=1S/C26H33FN8O/c1-7-33(3)10-11-34(4)21-14-22(36-6)26(24(27)25(21)28-2)32-23-13-19(29-16-30-23)17-8-9-18-15-31-35(5)20(18)12-17/h8-9,12-16,28H,7,10-11H2,1-6H3,(H,29,30,32). The van der Waals surface area contributed by atoms with Gasteiger partial charge in [0.2, 0.25) is 0 Å². The number of anilines is 4. The Hall–Kier alpha value is -3.92. The van der Waals surface area contributed by atoms with Gasteiger partial charge >= 0.3 is 0 Å². The van der Waals surface area contributed by atoms with Gasteiger partial charge < -0.3 is 25.2 Å². The Morgan fingerprint density at radius 1 is 1.08 bits per heavy atom. The van der Waals surface area contributed by atoms with Crippen LogP contribution in [0.5, 0.6) is 5.75 Å². The number of nitrogens with one attached hydrogen (secondary N) is 2. The summed E-state index contributed by atoms with van der Waals surface area (Å²) in [4.78, 5) is 13.0. The van der Waals surface area contributed by atoms with Crippen molar-refractivity contribution < 1.29 is 9.13 Å². The lowest BCUT2D eigenvalue weighted by Gasteiger charge is -2.27. The molecule has 36 heavy (non-hydrogen) atoms. The minimum atomic E-state index is -0.445. The van der Waals surface area contributed by atoms with E-state index in [0.29, 0.717) is 22.9 Å². The van der Waals surface area contributed by atoms with E-state index in [2.05, 4.69) is 44.6 Å². The molecule has 0 radical (unpaired) electrons. The summed E-state index contributed by atoms with van der Waals surface area (Å²) in [6.07, 6.45) is 3.28. The van der Waals surface area contributed by atoms with E-state index < -0.39 is 5.82 Å². The van der Waals surface area contributed by atoms with Gasteiger partial charge in [0.05, 0.1) is 35.9 Å². The minimum Gasteiger partial charge on any atom is -0.494 e. The second-order valence-corrected chi connectivity index (χ2v) is 8.68. The van der Waals surface area contributed by atoms with Crippen LogP contribution in [0.15, 0.2) is 42.9 Å². The van der Waals surface area contributed by atoms with Crippen LogP contribution in [0.1, 0.15) is 6.92 Å². The van der Waals surface area contributed by atoms with Crippen LogP contribution in [0.2, 0.25) is 0 Å². The third kappa shape index (κ3) is 5.03. The van der Waals surface area contributed by atoms with E-state index in [-0.39, 0.29) is 5.69 Å². The van der Waals surface area contributed by atoms with Crippen molar-refractivity contribution in [2.75, 3.05) is 63.4 Å². The van der Waals surface area contributed by atoms with Crippen molar-refractivity contribution in [3.05, 3.63) is 48.7 Å². The molecule has 0 amide bonds. The van der Waals surface area contributed by atoms with Gasteiger partial charge in [-0.2, -0.15) is 5.10 Å². The van der Waals surface area contributed by atoms with Crippen LogP contribution in [0, 0.1) is 5.82 Å². The second kappa shape index (κ2) is 10.8. The largest absolute Gasteiger partial charge is 0.494 e. The molecule has 2 aromatic heterocycles. The summed E-state index contributed by atoms with van der Waals surface area (Å²) in [7, 11) is 9.15. The Balaban J connectivity index is 1.66. The zero-order valence-corrected chi connectivity index (χ0v) is 21.6. The van der Waals surface area contributed by atoms with Gasteiger partial charge in [-0.1, -0.05) is 19.1 Å². The molecule has 0 aliphatic rings. The number of fused-ring (bicyclic) bond motifs is 1. The molecule has 9 nitrogen and oxygen atoms in total. The zero-order valence-electron chi connectivity index (χ0n) is 21.6. The fraction of sp³-hybridized carbons (Fsp3) is 0.346. The van der Waals surface area contributed by atoms with Crippen molar-refractivity contribution in [2.45, 2.75) is 6.92 Å². The summed E-state index contributed by atoms with van der Waals surface area (Å²) in [6.45, 7) is 4.65. The Bertz CT molecular complexity index is 1360. The number of aromatic nitrogens is 4. The number of ether oxygens (including phenoxy) is 1. The van der Waals surface area contributed by atoms with Gasteiger partial charge in [0.15, 0.2) is 5.82 Å². The van der Waals surface area contributed by atoms with Crippen LogP contribution in [0.25, 0.3) is 22.2 Å². The number of hydrogen-bond acceptors (Lipinski definition) is 8. The molecule has 0 aliphatic carbocycles. The van der Waals surface area contributed by atoms with E-state index in [0.717, 1.165) is 41.8 Å². The van der Waals surface area contributed by atoms with E-state index in [1.807, 2.05) is 54.1 Å². The molecule has 2 heterocycles. The van der Waals surface area contributed by atoms with E-state index >= 15 is 4.39 Å². The third-order valence-electron chi connectivity index (χ3n) is 6.41. The van der Waals surface area contributed by atoms with Crippen LogP contribution in [0.4, 0.5) is 27.3 Å². The van der Waals surface area contributed by atoms with Crippen molar-refractivity contribution >= 4 is 33.8 Å². The molecule has 0 unspecified atom stereocenters. The fourth-order valence-electron chi connectivity index (χ4n) is 4.04. The molecule has 4 rings (SSSR count). The van der Waals surface area contributed by atoms with Crippen molar-refractivity contribution in [3.63, 3.8) is 0 Å². The van der Waals surface area contributed by atoms with Crippen LogP contribution < -0.4 is 20.3 Å². The van der Waals surface area contributed by atoms with Gasteiger partial charge in [0.25, 0.3) is 0 Å². The van der Waals surface area contributed by atoms with Crippen molar-refractivity contribution in [3.8, 4) is 17.0 Å². The Morgan fingerprint density at radius 3 is 2.61 bits per heavy atom. The third-order valence-corrected chi connectivity index (χ3v) is 6.41. The van der Waals surface area contributed by atoms with Crippen LogP contribution in [0.3, 0.4) is 0 Å². The lowest BCUT2D eigenvalue weighted by molar-refractivity contribution is 0.360. The lowest BCUT2D eigenvalue weighted by Crippen LogP contribution is -2.31. The summed E-state index contributed by atoms with van der Waals surface area (Å²) in [5, 5.41) is 11.5. The van der Waals surface area contributed by atoms with E-state index in [1.165, 1.54) is 13.4 Å². The summed E-state index contributed by atoms with van der Waals surface area (Å²) in [5.74, 6) is 0.391. The van der Waals surface area contributed by atoms with Gasteiger partial charge in [-0.05, 0) is 19.7 Å². The summed E-state index contributed by atoms with van der Waals surface area (Å²) < 4.78 is 23.2. The number of benzene rings is 2. The van der Waals surface area contributed by atoms with Gasteiger partial charge in [-0.25, -0.2) is 14.4 Å². The molecular weight excluding hydrogens is 459 g/mol. The first-order valence-corrected chi connectivity index (χ1v) is 11.8. The summed E-state index contributed by atoms with van der Waals surface area (Å²) in [6, 6.07) is 9.63. The molecule has 190 valence electrons. The van der Waals surface area contributed by atoms with Gasteiger partial charge in [0.1, 0.15) is 23.6 Å². The monoisotopic (exact) mass is 492 g/mol. The number of nitrogens with zero attached hydrogens (tertiary/aromatic N) is 6. The molecule has 4 aromatic rings. The van der Waals surface area contributed by atoms with Crippen molar-refractivity contribution in [1.82, 2.24) is 24.6 Å². The van der Waals surface area contributed by atoms with Gasteiger partial charge in [-0.15, -0.1) is 0 Å². The number of hydrogen-bond donors (Lipinski definition) is 2. The van der Waals surface area contributed by atoms with Crippen LogP contribution in [-0.2, 0) is 7.05 Å². The molecular formula is C26H33FN8O. The van der Waals surface area contributed by atoms with Gasteiger partial charge in [0, 0.05) is 57.3 Å². The van der Waals surface area contributed by atoms with Gasteiger partial charge in [-0.3, -0.25) is 4.68 Å². The molecule has 0 saturated heterocycles. The number of rotatable bonds is 10. The fourth-order valence-corrected chi connectivity index (χ4v) is 4.04. The number of methoxy groups -OCH3 is 1. The average Bonchev–Trinajstić information content (AvgIpc) is 3.27. The second-order valence-electron chi connectivity index (χ2n) is 8.68. The molecule has 0 saturated carbocycles. The first kappa shape index (κ1) is 25.2.